The van der Waals surface area contributed by atoms with Crippen LogP contribution in [-0.4, -0.2) is 0 Å². The molecule has 0 bridgehead atoms. The van der Waals surface area contributed by atoms with E-state index in [4.69, 9.17) is 0 Å². The van der Waals surface area contributed by atoms with E-state index in [-0.39, 0.29) is 0 Å². The lowest BCUT2D eigenvalue weighted by atomic mass is 10.2. The molecule has 0 atom stereocenters. The predicted molar refractivity (Wildman–Crippen MR) is 43.6 cm³/mol. The molecule has 2 heteroatoms. The van der Waals surface area contributed by atoms with Gasteiger partial charge in [0.05, 0.1) is 5.70 Å². The first-order chi connectivity index (χ1) is 4.74. The summed E-state index contributed by atoms with van der Waals surface area (Å²) in [6.07, 6.45) is 4.45. The molecule has 2 nitrogen and oxygen atoms in total. The van der Waals surface area contributed by atoms with Gasteiger partial charge in [0, 0.05) is 0 Å². The van der Waals surface area contributed by atoms with Crippen molar-refractivity contribution in [3.8, 4) is 0 Å². The molecule has 0 saturated heterocycles. The standard InChI is InChI=1S/C8H13NO/c1-4-7(3)6-8(5-2)9-10/h4,6H,5H2,1-3H3/b7-4-,8-6+. The summed E-state index contributed by atoms with van der Waals surface area (Å²) in [6, 6.07) is 0. The molecular weight excluding hydrogens is 126 g/mol. The Hall–Kier alpha value is -0.920. The van der Waals surface area contributed by atoms with Gasteiger partial charge >= 0.3 is 0 Å². The van der Waals surface area contributed by atoms with Crippen molar-refractivity contribution in [2.45, 2.75) is 27.2 Å². The molecule has 0 N–H and O–H groups in total. The molecule has 56 valence electrons. The fourth-order valence-corrected chi connectivity index (χ4v) is 0.539. The Bertz CT molecular complexity index is 168. The highest BCUT2D eigenvalue weighted by Crippen LogP contribution is 2.06. The van der Waals surface area contributed by atoms with Gasteiger partial charge in [-0.1, -0.05) is 18.6 Å². The number of rotatable bonds is 3. The zero-order valence-electron chi connectivity index (χ0n) is 6.72. The number of nitroso groups, excluding NO2 is 1. The van der Waals surface area contributed by atoms with Crippen molar-refractivity contribution >= 4 is 0 Å². The molecule has 0 aliphatic rings. The maximum atomic E-state index is 10.0. The molecule has 10 heavy (non-hydrogen) atoms. The lowest BCUT2D eigenvalue weighted by molar-refractivity contribution is 1.05. The fourth-order valence-electron chi connectivity index (χ4n) is 0.539. The number of hydrogen-bond donors (Lipinski definition) is 0. The van der Waals surface area contributed by atoms with Crippen molar-refractivity contribution in [2.24, 2.45) is 5.18 Å². The summed E-state index contributed by atoms with van der Waals surface area (Å²) in [5, 5.41) is 2.86. The van der Waals surface area contributed by atoms with Crippen molar-refractivity contribution in [2.75, 3.05) is 0 Å². The highest BCUT2D eigenvalue weighted by molar-refractivity contribution is 5.19. The molecule has 0 fully saturated rings. The second-order valence-electron chi connectivity index (χ2n) is 2.11. The summed E-state index contributed by atoms with van der Waals surface area (Å²) in [4.78, 5) is 10.0. The number of hydrogen-bond acceptors (Lipinski definition) is 2. The molecule has 0 heterocycles. The molecule has 0 unspecified atom stereocenters. The van der Waals surface area contributed by atoms with Crippen molar-refractivity contribution < 1.29 is 0 Å². The molecule has 0 rings (SSSR count). The zero-order valence-corrected chi connectivity index (χ0v) is 6.72. The van der Waals surface area contributed by atoms with Crippen LogP contribution in [0.25, 0.3) is 0 Å². The van der Waals surface area contributed by atoms with Gasteiger partial charge in [0.2, 0.25) is 0 Å². The third-order valence-electron chi connectivity index (χ3n) is 1.33. The Morgan fingerprint density at radius 2 is 2.20 bits per heavy atom. The molecular formula is C8H13NO. The van der Waals surface area contributed by atoms with Crippen molar-refractivity contribution in [3.63, 3.8) is 0 Å². The van der Waals surface area contributed by atoms with Crippen LogP contribution >= 0.6 is 0 Å². The van der Waals surface area contributed by atoms with Crippen molar-refractivity contribution in [1.82, 2.24) is 0 Å². The quantitative estimate of drug-likeness (QED) is 0.436. The minimum Gasteiger partial charge on any atom is -0.145 e. The molecule has 0 aliphatic carbocycles. The van der Waals surface area contributed by atoms with E-state index in [1.54, 1.807) is 6.08 Å². The molecule has 0 amide bonds. The highest BCUT2D eigenvalue weighted by atomic mass is 16.3. The summed E-state index contributed by atoms with van der Waals surface area (Å²) in [5.41, 5.74) is 1.69. The monoisotopic (exact) mass is 139 g/mol. The van der Waals surface area contributed by atoms with E-state index < -0.39 is 0 Å². The first kappa shape index (κ1) is 9.08. The molecule has 0 aromatic heterocycles. The van der Waals surface area contributed by atoms with Gasteiger partial charge in [-0.05, 0) is 31.5 Å². The van der Waals surface area contributed by atoms with E-state index in [1.807, 2.05) is 26.8 Å². The Kier molecular flexibility index (Phi) is 4.46. The SMILES string of the molecule is C/C=C(C)\C=C(/CC)N=O. The summed E-state index contributed by atoms with van der Waals surface area (Å²) in [5.74, 6) is 0. The van der Waals surface area contributed by atoms with E-state index in [1.165, 1.54) is 0 Å². The van der Waals surface area contributed by atoms with Gasteiger partial charge in [0.1, 0.15) is 0 Å². The first-order valence-corrected chi connectivity index (χ1v) is 3.41. The van der Waals surface area contributed by atoms with Crippen LogP contribution in [-0.2, 0) is 0 Å². The second kappa shape index (κ2) is 4.91. The summed E-state index contributed by atoms with van der Waals surface area (Å²) >= 11 is 0. The van der Waals surface area contributed by atoms with Gasteiger partial charge in [-0.2, -0.15) is 0 Å². The van der Waals surface area contributed by atoms with Gasteiger partial charge in [-0.3, -0.25) is 0 Å². The molecule has 0 spiro atoms. The minimum atomic E-state index is 0.607. The normalized spacial score (nSPS) is 13.5. The van der Waals surface area contributed by atoms with E-state index in [9.17, 15) is 4.91 Å². The first-order valence-electron chi connectivity index (χ1n) is 3.41. The van der Waals surface area contributed by atoms with Gasteiger partial charge in [-0.25, -0.2) is 0 Å². The van der Waals surface area contributed by atoms with Gasteiger partial charge in [0.25, 0.3) is 0 Å². The van der Waals surface area contributed by atoms with E-state index >= 15 is 0 Å². The lowest BCUT2D eigenvalue weighted by Gasteiger charge is -1.91. The summed E-state index contributed by atoms with van der Waals surface area (Å²) in [7, 11) is 0. The Morgan fingerprint density at radius 3 is 2.50 bits per heavy atom. The molecule has 0 aromatic rings. The molecule has 0 radical (unpaired) electrons. The molecule has 0 aromatic carbocycles. The third kappa shape index (κ3) is 3.17. The average Bonchev–Trinajstić information content (AvgIpc) is 1.99. The van der Waals surface area contributed by atoms with Crippen LogP contribution in [0.15, 0.2) is 28.6 Å². The van der Waals surface area contributed by atoms with Gasteiger partial charge < -0.3 is 0 Å². The van der Waals surface area contributed by atoms with E-state index in [0.717, 1.165) is 5.57 Å². The topological polar surface area (TPSA) is 29.4 Å². The van der Waals surface area contributed by atoms with Crippen LogP contribution in [0.4, 0.5) is 0 Å². The average molecular weight is 139 g/mol. The van der Waals surface area contributed by atoms with Crippen LogP contribution in [0.1, 0.15) is 27.2 Å². The van der Waals surface area contributed by atoms with Gasteiger partial charge in [0.15, 0.2) is 0 Å². The smallest absolute Gasteiger partial charge is 0.0848 e. The summed E-state index contributed by atoms with van der Waals surface area (Å²) in [6.45, 7) is 5.79. The Morgan fingerprint density at radius 1 is 1.60 bits per heavy atom. The van der Waals surface area contributed by atoms with E-state index in [0.29, 0.717) is 12.1 Å². The van der Waals surface area contributed by atoms with Crippen LogP contribution in [0, 0.1) is 4.91 Å². The van der Waals surface area contributed by atoms with Gasteiger partial charge in [-0.15, -0.1) is 4.91 Å². The van der Waals surface area contributed by atoms with Crippen LogP contribution < -0.4 is 0 Å². The second-order valence-corrected chi connectivity index (χ2v) is 2.11. The Labute approximate surface area is 61.6 Å². The highest BCUT2D eigenvalue weighted by Gasteiger charge is 1.90. The van der Waals surface area contributed by atoms with E-state index in [2.05, 4.69) is 5.18 Å². The maximum Gasteiger partial charge on any atom is 0.0848 e. The summed E-state index contributed by atoms with van der Waals surface area (Å²) < 4.78 is 0. The van der Waals surface area contributed by atoms with Crippen LogP contribution in [0.5, 0.6) is 0 Å². The zero-order chi connectivity index (χ0) is 7.98. The molecule has 0 saturated carbocycles. The minimum absolute atomic E-state index is 0.607. The predicted octanol–water partition coefficient (Wildman–Crippen LogP) is 3.01. The van der Waals surface area contributed by atoms with Crippen LogP contribution in [0.2, 0.25) is 0 Å². The van der Waals surface area contributed by atoms with Crippen LogP contribution in [0.3, 0.4) is 0 Å². The third-order valence-corrected chi connectivity index (χ3v) is 1.33. The van der Waals surface area contributed by atoms with Crippen molar-refractivity contribution in [3.05, 3.63) is 28.3 Å². The fraction of sp³-hybridized carbons (Fsp3) is 0.500. The lowest BCUT2D eigenvalue weighted by Crippen LogP contribution is -1.74. The Balaban J connectivity index is 4.24. The number of allylic oxidation sites excluding steroid dienone is 4. The van der Waals surface area contributed by atoms with Crippen molar-refractivity contribution in [1.29, 1.82) is 0 Å². The molecule has 0 aliphatic heterocycles. The number of nitrogens with zero attached hydrogens (tertiary/aromatic N) is 1. The largest absolute Gasteiger partial charge is 0.145 e. The maximum absolute atomic E-state index is 10.0.